The summed E-state index contributed by atoms with van der Waals surface area (Å²) in [5.41, 5.74) is 1.69. The summed E-state index contributed by atoms with van der Waals surface area (Å²) in [5, 5.41) is 7.05. The lowest BCUT2D eigenvalue weighted by atomic mass is 10.0. The number of aryl methyl sites for hydroxylation is 1. The number of hydrogen-bond donors (Lipinski definition) is 2. The summed E-state index contributed by atoms with van der Waals surface area (Å²) in [6.07, 6.45) is 2.88. The van der Waals surface area contributed by atoms with E-state index >= 15 is 0 Å². The third-order valence-electron chi connectivity index (χ3n) is 5.22. The summed E-state index contributed by atoms with van der Waals surface area (Å²) in [7, 11) is 0. The molecule has 0 aliphatic rings. The van der Waals surface area contributed by atoms with E-state index < -0.39 is 6.04 Å². The molecule has 0 fully saturated rings. The van der Waals surface area contributed by atoms with Gasteiger partial charge in [0.25, 0.3) is 5.91 Å². The second kappa shape index (κ2) is 10.7. The second-order valence-electron chi connectivity index (χ2n) is 7.87. The molecule has 6 nitrogen and oxygen atoms in total. The minimum Gasteiger partial charge on any atom is -0.494 e. The highest BCUT2D eigenvalue weighted by Crippen LogP contribution is 2.15. The van der Waals surface area contributed by atoms with Crippen LogP contribution in [0.1, 0.15) is 37.6 Å². The van der Waals surface area contributed by atoms with Crippen molar-refractivity contribution in [2.45, 2.75) is 39.8 Å². The van der Waals surface area contributed by atoms with Gasteiger partial charge in [0.15, 0.2) is 0 Å². The molecule has 0 radical (unpaired) electrons. The van der Waals surface area contributed by atoms with Gasteiger partial charge in [-0.25, -0.2) is 0 Å². The highest BCUT2D eigenvalue weighted by Gasteiger charge is 2.24. The van der Waals surface area contributed by atoms with Crippen LogP contribution in [0.5, 0.6) is 5.75 Å². The van der Waals surface area contributed by atoms with Crippen molar-refractivity contribution in [1.29, 1.82) is 0 Å². The molecule has 1 aromatic heterocycles. The molecular weight excluding hydrogens is 390 g/mol. The molecule has 0 spiro atoms. The first kappa shape index (κ1) is 22.4. The summed E-state index contributed by atoms with van der Waals surface area (Å²) < 4.78 is 7.60. The Morgan fingerprint density at radius 3 is 2.48 bits per heavy atom. The number of nitrogens with zero attached hydrogens (tertiary/aromatic N) is 1. The normalized spacial score (nSPS) is 12.0. The molecule has 1 heterocycles. The summed E-state index contributed by atoms with van der Waals surface area (Å²) in [4.78, 5) is 25.3. The largest absolute Gasteiger partial charge is 0.494 e. The Kier molecular flexibility index (Phi) is 7.70. The van der Waals surface area contributed by atoms with Gasteiger partial charge in [-0.2, -0.15) is 0 Å². The Balaban J connectivity index is 1.50. The SMILES string of the molecule is CCOc1ccc(C(=O)NC(C(=O)NCCCn2ccc3ccccc32)C(C)C)cc1. The molecule has 2 amide bonds. The van der Waals surface area contributed by atoms with Gasteiger partial charge in [-0.15, -0.1) is 0 Å². The van der Waals surface area contributed by atoms with Crippen molar-refractivity contribution in [1.82, 2.24) is 15.2 Å². The zero-order valence-electron chi connectivity index (χ0n) is 18.4. The first-order valence-corrected chi connectivity index (χ1v) is 10.8. The second-order valence-corrected chi connectivity index (χ2v) is 7.87. The van der Waals surface area contributed by atoms with Crippen molar-refractivity contribution in [2.75, 3.05) is 13.2 Å². The average molecular weight is 422 g/mol. The highest BCUT2D eigenvalue weighted by atomic mass is 16.5. The smallest absolute Gasteiger partial charge is 0.251 e. The molecule has 1 atom stereocenters. The van der Waals surface area contributed by atoms with Gasteiger partial charge in [-0.05, 0) is 61.0 Å². The lowest BCUT2D eigenvalue weighted by molar-refractivity contribution is -0.123. The third-order valence-corrected chi connectivity index (χ3v) is 5.22. The lowest BCUT2D eigenvalue weighted by Crippen LogP contribution is -2.49. The van der Waals surface area contributed by atoms with Crippen molar-refractivity contribution < 1.29 is 14.3 Å². The summed E-state index contributed by atoms with van der Waals surface area (Å²) in [6.45, 7) is 7.70. The molecule has 164 valence electrons. The average Bonchev–Trinajstić information content (AvgIpc) is 3.18. The maximum atomic E-state index is 12.7. The molecule has 3 rings (SSSR count). The van der Waals surface area contributed by atoms with Gasteiger partial charge in [-0.1, -0.05) is 32.0 Å². The van der Waals surface area contributed by atoms with Gasteiger partial charge in [0.2, 0.25) is 5.91 Å². The lowest BCUT2D eigenvalue weighted by Gasteiger charge is -2.22. The van der Waals surface area contributed by atoms with Gasteiger partial charge in [-0.3, -0.25) is 9.59 Å². The number of carbonyl (C=O) groups is 2. The van der Waals surface area contributed by atoms with E-state index in [9.17, 15) is 9.59 Å². The maximum Gasteiger partial charge on any atom is 0.251 e. The standard InChI is InChI=1S/C25H31N3O3/c1-4-31-21-12-10-20(11-13-21)24(29)27-23(18(2)3)25(30)26-15-7-16-28-17-14-19-8-5-6-9-22(19)28/h5-6,8-14,17-18,23H,4,7,15-16H2,1-3H3,(H,26,30)(H,27,29). The predicted octanol–water partition coefficient (Wildman–Crippen LogP) is 4.00. The molecule has 0 bridgehead atoms. The number of fused-ring (bicyclic) bond motifs is 1. The Labute approximate surface area is 183 Å². The van der Waals surface area contributed by atoms with Crippen LogP contribution in [0, 0.1) is 5.92 Å². The van der Waals surface area contributed by atoms with Gasteiger partial charge < -0.3 is 19.9 Å². The molecule has 0 aliphatic carbocycles. The molecule has 3 aromatic rings. The van der Waals surface area contributed by atoms with Crippen LogP contribution >= 0.6 is 0 Å². The number of hydrogen-bond acceptors (Lipinski definition) is 3. The monoisotopic (exact) mass is 421 g/mol. The molecule has 0 saturated carbocycles. The van der Waals surface area contributed by atoms with Crippen LogP contribution in [-0.2, 0) is 11.3 Å². The van der Waals surface area contributed by atoms with E-state index in [0.717, 1.165) is 13.0 Å². The van der Waals surface area contributed by atoms with E-state index in [1.807, 2.05) is 32.9 Å². The van der Waals surface area contributed by atoms with Crippen LogP contribution < -0.4 is 15.4 Å². The minimum atomic E-state index is -0.591. The topological polar surface area (TPSA) is 72.4 Å². The van der Waals surface area contributed by atoms with E-state index in [-0.39, 0.29) is 17.7 Å². The van der Waals surface area contributed by atoms with Crippen LogP contribution in [0.3, 0.4) is 0 Å². The Bertz CT molecular complexity index is 1010. The van der Waals surface area contributed by atoms with Crippen LogP contribution in [-0.4, -0.2) is 35.6 Å². The Morgan fingerprint density at radius 2 is 1.77 bits per heavy atom. The van der Waals surface area contributed by atoms with Crippen LogP contribution in [0.4, 0.5) is 0 Å². The fourth-order valence-corrected chi connectivity index (χ4v) is 3.54. The highest BCUT2D eigenvalue weighted by molar-refractivity contribution is 5.97. The summed E-state index contributed by atoms with van der Waals surface area (Å²) in [5.74, 6) is 0.259. The fourth-order valence-electron chi connectivity index (χ4n) is 3.54. The number of rotatable bonds is 10. The van der Waals surface area contributed by atoms with E-state index in [0.29, 0.717) is 24.5 Å². The molecule has 6 heteroatoms. The first-order chi connectivity index (χ1) is 15.0. The third kappa shape index (κ3) is 5.87. The summed E-state index contributed by atoms with van der Waals surface area (Å²) >= 11 is 0. The Hall–Kier alpha value is -3.28. The molecule has 2 N–H and O–H groups in total. The predicted molar refractivity (Wildman–Crippen MR) is 123 cm³/mol. The summed E-state index contributed by atoms with van der Waals surface area (Å²) in [6, 6.07) is 16.7. The fraction of sp³-hybridized carbons (Fsp3) is 0.360. The van der Waals surface area contributed by atoms with E-state index in [2.05, 4.69) is 39.6 Å². The van der Waals surface area contributed by atoms with Gasteiger partial charge in [0, 0.05) is 30.4 Å². The van der Waals surface area contributed by atoms with Crippen molar-refractivity contribution in [3.8, 4) is 5.75 Å². The Morgan fingerprint density at radius 1 is 1.03 bits per heavy atom. The van der Waals surface area contributed by atoms with Crippen molar-refractivity contribution in [3.63, 3.8) is 0 Å². The molecule has 0 aliphatic heterocycles. The zero-order chi connectivity index (χ0) is 22.2. The van der Waals surface area contributed by atoms with E-state index in [1.165, 1.54) is 10.9 Å². The van der Waals surface area contributed by atoms with Crippen molar-refractivity contribution in [3.05, 3.63) is 66.4 Å². The number of aromatic nitrogens is 1. The number of ether oxygens (including phenoxy) is 1. The van der Waals surface area contributed by atoms with Crippen LogP contribution in [0.2, 0.25) is 0 Å². The zero-order valence-corrected chi connectivity index (χ0v) is 18.4. The maximum absolute atomic E-state index is 12.7. The molecule has 2 aromatic carbocycles. The number of para-hydroxylation sites is 1. The molecular formula is C25H31N3O3. The van der Waals surface area contributed by atoms with E-state index in [1.54, 1.807) is 24.3 Å². The number of carbonyl (C=O) groups excluding carboxylic acids is 2. The van der Waals surface area contributed by atoms with E-state index in [4.69, 9.17) is 4.74 Å². The van der Waals surface area contributed by atoms with Crippen LogP contribution in [0.15, 0.2) is 60.8 Å². The van der Waals surface area contributed by atoms with Gasteiger partial charge in [0.1, 0.15) is 11.8 Å². The van der Waals surface area contributed by atoms with Crippen molar-refractivity contribution in [2.24, 2.45) is 5.92 Å². The number of nitrogens with one attached hydrogen (secondary N) is 2. The minimum absolute atomic E-state index is 0.0277. The first-order valence-electron chi connectivity index (χ1n) is 10.8. The molecule has 1 unspecified atom stereocenters. The molecule has 31 heavy (non-hydrogen) atoms. The number of benzene rings is 2. The quantitative estimate of drug-likeness (QED) is 0.486. The molecule has 0 saturated heterocycles. The van der Waals surface area contributed by atoms with Crippen molar-refractivity contribution >= 4 is 22.7 Å². The number of amides is 2. The van der Waals surface area contributed by atoms with Gasteiger partial charge in [0.05, 0.1) is 6.61 Å². The van der Waals surface area contributed by atoms with Crippen LogP contribution in [0.25, 0.3) is 10.9 Å². The van der Waals surface area contributed by atoms with Gasteiger partial charge >= 0.3 is 0 Å².